The molecule has 6 heteroatoms. The molecule has 0 atom stereocenters. The number of anilines is 2. The highest BCUT2D eigenvalue weighted by Gasteiger charge is 2.06. The number of hydrogen-bond donors (Lipinski definition) is 2. The Morgan fingerprint density at radius 3 is 2.65 bits per heavy atom. The van der Waals surface area contributed by atoms with Gasteiger partial charge >= 0.3 is 6.03 Å². The Labute approximate surface area is 98.0 Å². The number of urea groups is 1. The van der Waals surface area contributed by atoms with Crippen LogP contribution in [0.1, 0.15) is 11.5 Å². The molecule has 2 aromatic rings. The summed E-state index contributed by atoms with van der Waals surface area (Å²) >= 11 is 0. The molecule has 0 unspecified atom stereocenters. The van der Waals surface area contributed by atoms with E-state index < -0.39 is 6.03 Å². The van der Waals surface area contributed by atoms with Crippen molar-refractivity contribution in [2.45, 2.75) is 13.8 Å². The smallest absolute Gasteiger partial charge is 0.326 e. The number of aromatic nitrogens is 2. The Morgan fingerprint density at radius 2 is 2.00 bits per heavy atom. The molecular formula is C11H12N4O2. The van der Waals surface area contributed by atoms with Gasteiger partial charge in [0.15, 0.2) is 5.82 Å². The maximum absolute atomic E-state index is 11.6. The first-order valence-corrected chi connectivity index (χ1v) is 5.08. The SMILES string of the molecule is Cc1cccc(NC(=O)Nc2cc(C)on2)n1. The summed E-state index contributed by atoms with van der Waals surface area (Å²) in [6.07, 6.45) is 0. The van der Waals surface area contributed by atoms with Crippen molar-refractivity contribution < 1.29 is 9.32 Å². The molecule has 2 amide bonds. The molecule has 0 aliphatic carbocycles. The van der Waals surface area contributed by atoms with Crippen LogP contribution in [0.25, 0.3) is 0 Å². The first-order chi connectivity index (χ1) is 8.13. The van der Waals surface area contributed by atoms with Crippen LogP contribution >= 0.6 is 0 Å². The monoisotopic (exact) mass is 232 g/mol. The molecule has 88 valence electrons. The summed E-state index contributed by atoms with van der Waals surface area (Å²) in [5.41, 5.74) is 0.833. The second-order valence-corrected chi connectivity index (χ2v) is 3.57. The average Bonchev–Trinajstić information content (AvgIpc) is 2.63. The molecule has 0 aromatic carbocycles. The van der Waals surface area contributed by atoms with Gasteiger partial charge in [0.25, 0.3) is 0 Å². The van der Waals surface area contributed by atoms with Crippen LogP contribution in [0.2, 0.25) is 0 Å². The van der Waals surface area contributed by atoms with Crippen molar-refractivity contribution >= 4 is 17.7 Å². The third kappa shape index (κ3) is 3.04. The zero-order valence-corrected chi connectivity index (χ0v) is 9.52. The highest BCUT2D eigenvalue weighted by Crippen LogP contribution is 2.08. The van der Waals surface area contributed by atoms with Crippen LogP contribution in [0, 0.1) is 13.8 Å². The van der Waals surface area contributed by atoms with E-state index in [9.17, 15) is 4.79 Å². The topological polar surface area (TPSA) is 80.0 Å². The second kappa shape index (κ2) is 4.65. The molecule has 0 bridgehead atoms. The fraction of sp³-hybridized carbons (Fsp3) is 0.182. The zero-order chi connectivity index (χ0) is 12.3. The summed E-state index contributed by atoms with van der Waals surface area (Å²) in [6, 6.07) is 6.60. The van der Waals surface area contributed by atoms with Crippen LogP contribution in [0.4, 0.5) is 16.4 Å². The number of pyridine rings is 1. The number of aryl methyl sites for hydroxylation is 2. The standard InChI is InChI=1S/C11H12N4O2/c1-7-4-3-5-9(12-7)13-11(16)14-10-6-8(2)17-15-10/h3-6H,1-2H3,(H2,12,13,14,15,16). The van der Waals surface area contributed by atoms with E-state index in [2.05, 4.69) is 20.8 Å². The predicted octanol–water partition coefficient (Wildman–Crippen LogP) is 2.33. The van der Waals surface area contributed by atoms with Crippen molar-refractivity contribution in [2.24, 2.45) is 0 Å². The van der Waals surface area contributed by atoms with E-state index in [1.54, 1.807) is 19.1 Å². The number of nitrogens with one attached hydrogen (secondary N) is 2. The molecule has 2 heterocycles. The summed E-state index contributed by atoms with van der Waals surface area (Å²) in [4.78, 5) is 15.7. The van der Waals surface area contributed by atoms with Crippen molar-refractivity contribution in [3.8, 4) is 0 Å². The molecule has 0 radical (unpaired) electrons. The fourth-order valence-electron chi connectivity index (χ4n) is 1.30. The molecule has 0 saturated carbocycles. The molecule has 2 rings (SSSR count). The van der Waals surface area contributed by atoms with Gasteiger partial charge in [0.2, 0.25) is 0 Å². The second-order valence-electron chi connectivity index (χ2n) is 3.57. The lowest BCUT2D eigenvalue weighted by Crippen LogP contribution is -2.20. The van der Waals surface area contributed by atoms with Crippen LogP contribution < -0.4 is 10.6 Å². The van der Waals surface area contributed by atoms with Crippen molar-refractivity contribution in [3.63, 3.8) is 0 Å². The number of carbonyl (C=O) groups excluding carboxylic acids is 1. The van der Waals surface area contributed by atoms with Gasteiger partial charge in [-0.1, -0.05) is 11.2 Å². The lowest BCUT2D eigenvalue weighted by Gasteiger charge is -2.04. The molecule has 0 spiro atoms. The van der Waals surface area contributed by atoms with Crippen molar-refractivity contribution in [1.29, 1.82) is 0 Å². The molecule has 0 aliphatic rings. The summed E-state index contributed by atoms with van der Waals surface area (Å²) in [5, 5.41) is 8.78. The maximum atomic E-state index is 11.6. The number of nitrogens with zero attached hydrogens (tertiary/aromatic N) is 2. The Bertz CT molecular complexity index is 536. The molecule has 2 N–H and O–H groups in total. The molecule has 6 nitrogen and oxygen atoms in total. The Balaban J connectivity index is 1.98. The van der Waals surface area contributed by atoms with Crippen LogP contribution in [0.5, 0.6) is 0 Å². The maximum Gasteiger partial charge on any atom is 0.326 e. The van der Waals surface area contributed by atoms with Crippen LogP contribution in [-0.4, -0.2) is 16.2 Å². The van der Waals surface area contributed by atoms with Gasteiger partial charge in [-0.25, -0.2) is 9.78 Å². The van der Waals surface area contributed by atoms with Gasteiger partial charge in [-0.2, -0.15) is 0 Å². The molecule has 0 fully saturated rings. The number of rotatable bonds is 2. The van der Waals surface area contributed by atoms with E-state index in [1.165, 1.54) is 0 Å². The lowest BCUT2D eigenvalue weighted by molar-refractivity contribution is 0.262. The molecule has 0 saturated heterocycles. The Hall–Kier alpha value is -2.37. The quantitative estimate of drug-likeness (QED) is 0.832. The number of carbonyl (C=O) groups is 1. The first-order valence-electron chi connectivity index (χ1n) is 5.08. The van der Waals surface area contributed by atoms with Gasteiger partial charge in [-0.3, -0.25) is 10.6 Å². The van der Waals surface area contributed by atoms with Crippen LogP contribution in [-0.2, 0) is 0 Å². The van der Waals surface area contributed by atoms with Gasteiger partial charge < -0.3 is 4.52 Å². The summed E-state index contributed by atoms with van der Waals surface area (Å²) in [7, 11) is 0. The van der Waals surface area contributed by atoms with Crippen LogP contribution in [0.15, 0.2) is 28.8 Å². The molecule has 2 aromatic heterocycles. The van der Waals surface area contributed by atoms with Gasteiger partial charge in [0.1, 0.15) is 11.6 Å². The van der Waals surface area contributed by atoms with E-state index in [4.69, 9.17) is 4.52 Å². The minimum atomic E-state index is -0.406. The third-order valence-electron chi connectivity index (χ3n) is 2.00. The van der Waals surface area contributed by atoms with E-state index in [1.807, 2.05) is 19.1 Å². The van der Waals surface area contributed by atoms with E-state index >= 15 is 0 Å². The molecule has 0 aliphatic heterocycles. The minimum Gasteiger partial charge on any atom is -0.360 e. The largest absolute Gasteiger partial charge is 0.360 e. The molecular weight excluding hydrogens is 220 g/mol. The normalized spacial score (nSPS) is 10.0. The predicted molar refractivity (Wildman–Crippen MR) is 62.9 cm³/mol. The lowest BCUT2D eigenvalue weighted by atomic mass is 10.4. The van der Waals surface area contributed by atoms with E-state index in [0.29, 0.717) is 17.4 Å². The third-order valence-corrected chi connectivity index (χ3v) is 2.00. The highest BCUT2D eigenvalue weighted by molar-refractivity contribution is 5.98. The van der Waals surface area contributed by atoms with Crippen molar-refractivity contribution in [1.82, 2.24) is 10.1 Å². The Morgan fingerprint density at radius 1 is 1.24 bits per heavy atom. The minimum absolute atomic E-state index is 0.368. The molecule has 17 heavy (non-hydrogen) atoms. The van der Waals surface area contributed by atoms with Gasteiger partial charge in [-0.15, -0.1) is 0 Å². The fourth-order valence-corrected chi connectivity index (χ4v) is 1.30. The average molecular weight is 232 g/mol. The van der Waals surface area contributed by atoms with Gasteiger partial charge in [0, 0.05) is 11.8 Å². The number of hydrogen-bond acceptors (Lipinski definition) is 4. The summed E-state index contributed by atoms with van der Waals surface area (Å²) < 4.78 is 4.83. The zero-order valence-electron chi connectivity index (χ0n) is 9.52. The first kappa shape index (κ1) is 11.1. The van der Waals surface area contributed by atoms with Crippen LogP contribution in [0.3, 0.4) is 0 Å². The summed E-state index contributed by atoms with van der Waals surface area (Å²) in [6.45, 7) is 3.60. The van der Waals surface area contributed by atoms with Gasteiger partial charge in [0.05, 0.1) is 0 Å². The van der Waals surface area contributed by atoms with Crippen molar-refractivity contribution in [3.05, 3.63) is 35.7 Å². The van der Waals surface area contributed by atoms with E-state index in [0.717, 1.165) is 5.69 Å². The van der Waals surface area contributed by atoms with E-state index in [-0.39, 0.29) is 0 Å². The Kier molecular flexibility index (Phi) is 3.04. The number of amides is 2. The van der Waals surface area contributed by atoms with Crippen molar-refractivity contribution in [2.75, 3.05) is 10.6 Å². The van der Waals surface area contributed by atoms with Gasteiger partial charge in [-0.05, 0) is 26.0 Å². The summed E-state index contributed by atoms with van der Waals surface area (Å²) in [5.74, 6) is 1.49. The highest BCUT2D eigenvalue weighted by atomic mass is 16.5.